The minimum Gasteiger partial charge on any atom is -0.331 e. The van der Waals surface area contributed by atoms with Gasteiger partial charge in [-0.2, -0.15) is 5.10 Å². The number of aromatic nitrogens is 2. The molecule has 6 nitrogen and oxygen atoms in total. The summed E-state index contributed by atoms with van der Waals surface area (Å²) in [6.45, 7) is 5.32. The number of hydrogen-bond acceptors (Lipinski definition) is 3. The molecular weight excluding hydrogens is 316 g/mol. The van der Waals surface area contributed by atoms with Crippen LogP contribution >= 0.6 is 0 Å². The predicted octanol–water partition coefficient (Wildman–Crippen LogP) is 2.58. The van der Waals surface area contributed by atoms with Gasteiger partial charge in [0.25, 0.3) is 0 Å². The summed E-state index contributed by atoms with van der Waals surface area (Å²) in [4.78, 5) is 26.1. The minimum atomic E-state index is -0.387. The maximum Gasteiger partial charge on any atom is 0.247 e. The van der Waals surface area contributed by atoms with E-state index in [4.69, 9.17) is 0 Å². The lowest BCUT2D eigenvalue weighted by atomic mass is 10.1. The molecule has 0 bridgehead atoms. The molecule has 2 aromatic rings. The van der Waals surface area contributed by atoms with Crippen molar-refractivity contribution in [3.05, 3.63) is 47.8 Å². The van der Waals surface area contributed by atoms with Crippen molar-refractivity contribution in [3.63, 3.8) is 0 Å². The van der Waals surface area contributed by atoms with Gasteiger partial charge in [-0.15, -0.1) is 0 Å². The Kier molecular flexibility index (Phi) is 5.16. The van der Waals surface area contributed by atoms with Crippen LogP contribution in [0.15, 0.2) is 36.7 Å². The molecule has 0 aliphatic carbocycles. The fraction of sp³-hybridized carbons (Fsp3) is 0.421. The number of nitrogens with zero attached hydrogens (tertiary/aromatic N) is 3. The molecule has 1 aromatic carbocycles. The summed E-state index contributed by atoms with van der Waals surface area (Å²) in [6.07, 6.45) is 5.83. The lowest BCUT2D eigenvalue weighted by Crippen LogP contribution is -2.44. The standard InChI is InChI=1S/C19H24N4O2/c1-3-17(23-10-4-5-18(23)24)19(25)21-16-8-6-15(7-9-16)13-22-12-14(2)11-20-22/h6-9,11-12,17H,3-5,10,13H2,1-2H3,(H,21,25)/t17-/m0/s1. The van der Waals surface area contributed by atoms with Gasteiger partial charge in [-0.05, 0) is 43.0 Å². The van der Waals surface area contributed by atoms with Crippen LogP contribution in [0.5, 0.6) is 0 Å². The molecule has 2 heterocycles. The van der Waals surface area contributed by atoms with E-state index in [9.17, 15) is 9.59 Å². The molecule has 0 radical (unpaired) electrons. The van der Waals surface area contributed by atoms with Gasteiger partial charge in [-0.3, -0.25) is 14.3 Å². The van der Waals surface area contributed by atoms with Crippen LogP contribution in [0, 0.1) is 6.92 Å². The van der Waals surface area contributed by atoms with Crippen molar-refractivity contribution in [2.45, 2.75) is 45.7 Å². The van der Waals surface area contributed by atoms with Crippen molar-refractivity contribution in [1.29, 1.82) is 0 Å². The van der Waals surface area contributed by atoms with Gasteiger partial charge >= 0.3 is 0 Å². The van der Waals surface area contributed by atoms with E-state index in [1.807, 2.05) is 55.2 Å². The molecule has 0 spiro atoms. The zero-order valence-corrected chi connectivity index (χ0v) is 14.7. The number of likely N-dealkylation sites (tertiary alicyclic amines) is 1. The van der Waals surface area contributed by atoms with Crippen molar-refractivity contribution in [2.24, 2.45) is 0 Å². The van der Waals surface area contributed by atoms with Gasteiger partial charge in [-0.1, -0.05) is 19.1 Å². The van der Waals surface area contributed by atoms with Gasteiger partial charge in [-0.25, -0.2) is 0 Å². The second kappa shape index (κ2) is 7.51. The van der Waals surface area contributed by atoms with Crippen LogP contribution in [0.1, 0.15) is 37.3 Å². The Morgan fingerprint density at radius 3 is 2.64 bits per heavy atom. The normalized spacial score (nSPS) is 15.4. The van der Waals surface area contributed by atoms with E-state index in [2.05, 4.69) is 10.4 Å². The SMILES string of the molecule is CC[C@@H](C(=O)Nc1ccc(Cn2cc(C)cn2)cc1)N1CCCC1=O. The summed E-state index contributed by atoms with van der Waals surface area (Å²) in [7, 11) is 0. The number of nitrogens with one attached hydrogen (secondary N) is 1. The van der Waals surface area contributed by atoms with Crippen molar-refractivity contribution < 1.29 is 9.59 Å². The van der Waals surface area contributed by atoms with Crippen LogP contribution in [0.3, 0.4) is 0 Å². The molecule has 1 aliphatic rings. The first-order valence-corrected chi connectivity index (χ1v) is 8.75. The van der Waals surface area contributed by atoms with Gasteiger partial charge < -0.3 is 10.2 Å². The minimum absolute atomic E-state index is 0.0758. The maximum absolute atomic E-state index is 12.5. The van der Waals surface area contributed by atoms with Gasteiger partial charge in [0.2, 0.25) is 11.8 Å². The molecule has 1 atom stereocenters. The first kappa shape index (κ1) is 17.2. The highest BCUT2D eigenvalue weighted by atomic mass is 16.2. The fourth-order valence-corrected chi connectivity index (χ4v) is 3.21. The van der Waals surface area contributed by atoms with E-state index < -0.39 is 0 Å². The molecule has 1 aromatic heterocycles. The third-order valence-corrected chi connectivity index (χ3v) is 4.50. The Morgan fingerprint density at radius 1 is 1.32 bits per heavy atom. The lowest BCUT2D eigenvalue weighted by molar-refractivity contribution is -0.135. The number of anilines is 1. The summed E-state index contributed by atoms with van der Waals surface area (Å²) >= 11 is 0. The molecular formula is C19H24N4O2. The summed E-state index contributed by atoms with van der Waals surface area (Å²) in [5, 5.41) is 7.21. The van der Waals surface area contributed by atoms with E-state index >= 15 is 0 Å². The van der Waals surface area contributed by atoms with Crippen molar-refractivity contribution >= 4 is 17.5 Å². The van der Waals surface area contributed by atoms with E-state index in [-0.39, 0.29) is 17.9 Å². The maximum atomic E-state index is 12.5. The highest BCUT2D eigenvalue weighted by Crippen LogP contribution is 2.18. The summed E-state index contributed by atoms with van der Waals surface area (Å²) in [6, 6.07) is 7.36. The van der Waals surface area contributed by atoms with Crippen LogP contribution < -0.4 is 5.32 Å². The Hall–Kier alpha value is -2.63. The van der Waals surface area contributed by atoms with E-state index in [0.29, 0.717) is 25.9 Å². The number of aryl methyl sites for hydroxylation is 1. The first-order chi connectivity index (χ1) is 12.1. The third kappa shape index (κ3) is 4.07. The molecule has 1 aliphatic heterocycles. The number of carbonyl (C=O) groups is 2. The quantitative estimate of drug-likeness (QED) is 0.879. The molecule has 1 N–H and O–H groups in total. The smallest absolute Gasteiger partial charge is 0.247 e. The zero-order valence-electron chi connectivity index (χ0n) is 14.7. The molecule has 6 heteroatoms. The molecule has 0 saturated carbocycles. The average molecular weight is 340 g/mol. The van der Waals surface area contributed by atoms with Gasteiger partial charge in [0.15, 0.2) is 0 Å². The van der Waals surface area contributed by atoms with Crippen molar-refractivity contribution in [1.82, 2.24) is 14.7 Å². The second-order valence-electron chi connectivity index (χ2n) is 6.52. The number of carbonyl (C=O) groups excluding carboxylic acids is 2. The molecule has 0 unspecified atom stereocenters. The molecule has 132 valence electrons. The van der Waals surface area contributed by atoms with E-state index in [0.717, 1.165) is 23.2 Å². The fourth-order valence-electron chi connectivity index (χ4n) is 3.21. The number of amides is 2. The summed E-state index contributed by atoms with van der Waals surface area (Å²) < 4.78 is 1.88. The molecule has 3 rings (SSSR count). The Morgan fingerprint density at radius 2 is 2.08 bits per heavy atom. The molecule has 1 saturated heterocycles. The van der Waals surface area contributed by atoms with Gasteiger partial charge in [0.05, 0.1) is 12.7 Å². The predicted molar refractivity (Wildman–Crippen MR) is 96.2 cm³/mol. The lowest BCUT2D eigenvalue weighted by Gasteiger charge is -2.25. The zero-order chi connectivity index (χ0) is 17.8. The van der Waals surface area contributed by atoms with Crippen LogP contribution in [-0.4, -0.2) is 39.1 Å². The molecule has 2 amide bonds. The Bertz CT molecular complexity index is 751. The highest BCUT2D eigenvalue weighted by Gasteiger charge is 2.31. The average Bonchev–Trinajstić information content (AvgIpc) is 3.19. The number of rotatable bonds is 6. The highest BCUT2D eigenvalue weighted by molar-refractivity contribution is 5.97. The third-order valence-electron chi connectivity index (χ3n) is 4.50. The topological polar surface area (TPSA) is 67.2 Å². The van der Waals surface area contributed by atoms with Crippen LogP contribution in [0.2, 0.25) is 0 Å². The number of hydrogen-bond donors (Lipinski definition) is 1. The summed E-state index contributed by atoms with van der Waals surface area (Å²) in [5.74, 6) is -0.0416. The van der Waals surface area contributed by atoms with Crippen LogP contribution in [0.4, 0.5) is 5.69 Å². The number of benzene rings is 1. The largest absolute Gasteiger partial charge is 0.331 e. The van der Waals surface area contributed by atoms with Gasteiger partial charge in [0.1, 0.15) is 6.04 Å². The van der Waals surface area contributed by atoms with Gasteiger partial charge in [0, 0.05) is 24.8 Å². The second-order valence-corrected chi connectivity index (χ2v) is 6.52. The first-order valence-electron chi connectivity index (χ1n) is 8.75. The Balaban J connectivity index is 1.62. The van der Waals surface area contributed by atoms with E-state index in [1.165, 1.54) is 0 Å². The molecule has 25 heavy (non-hydrogen) atoms. The van der Waals surface area contributed by atoms with E-state index in [1.54, 1.807) is 4.90 Å². The monoisotopic (exact) mass is 340 g/mol. The van der Waals surface area contributed by atoms with Crippen molar-refractivity contribution in [2.75, 3.05) is 11.9 Å². The Labute approximate surface area is 147 Å². The van der Waals surface area contributed by atoms with Crippen molar-refractivity contribution in [3.8, 4) is 0 Å². The van der Waals surface area contributed by atoms with Crippen LogP contribution in [-0.2, 0) is 16.1 Å². The molecule has 1 fully saturated rings. The summed E-state index contributed by atoms with van der Waals surface area (Å²) in [5.41, 5.74) is 2.99. The van der Waals surface area contributed by atoms with Crippen LogP contribution in [0.25, 0.3) is 0 Å².